The molecule has 0 unspecified atom stereocenters. The number of aliphatic imine (C=N–C) groups is 1. The van der Waals surface area contributed by atoms with Crippen LogP contribution in [0, 0.1) is 12.7 Å². The summed E-state index contributed by atoms with van der Waals surface area (Å²) in [7, 11) is 0. The normalized spacial score (nSPS) is 9.64. The average molecular weight is 152 g/mol. The second-order valence-electron chi connectivity index (χ2n) is 2.31. The minimum Gasteiger partial charge on any atom is -0.397 e. The summed E-state index contributed by atoms with van der Waals surface area (Å²) in [5.74, 6) is -0.334. The minimum absolute atomic E-state index is 0.334. The largest absolute Gasteiger partial charge is 0.397 e. The van der Waals surface area contributed by atoms with Crippen molar-refractivity contribution >= 4 is 18.1 Å². The molecular formula is C8H9FN2. The van der Waals surface area contributed by atoms with Crippen LogP contribution in [0.1, 0.15) is 5.56 Å². The second-order valence-corrected chi connectivity index (χ2v) is 2.31. The van der Waals surface area contributed by atoms with E-state index >= 15 is 0 Å². The lowest BCUT2D eigenvalue weighted by Gasteiger charge is -2.02. The SMILES string of the molecule is C=Nc1cc(F)cc(C)c1N. The van der Waals surface area contributed by atoms with Gasteiger partial charge in [0.25, 0.3) is 0 Å². The van der Waals surface area contributed by atoms with Crippen LogP contribution in [0.5, 0.6) is 0 Å². The standard InChI is InChI=1S/C8H9FN2/c1-5-3-6(9)4-7(11-2)8(5)10/h3-4H,2,10H2,1H3. The van der Waals surface area contributed by atoms with Gasteiger partial charge in [-0.1, -0.05) is 0 Å². The first-order valence-corrected chi connectivity index (χ1v) is 3.17. The molecule has 0 saturated heterocycles. The summed E-state index contributed by atoms with van der Waals surface area (Å²) in [5, 5.41) is 0. The number of nitrogens with zero attached hydrogens (tertiary/aromatic N) is 1. The van der Waals surface area contributed by atoms with E-state index in [9.17, 15) is 4.39 Å². The topological polar surface area (TPSA) is 38.4 Å². The van der Waals surface area contributed by atoms with E-state index in [1.54, 1.807) is 6.92 Å². The fourth-order valence-electron chi connectivity index (χ4n) is 0.867. The molecule has 1 rings (SSSR count). The number of anilines is 1. The van der Waals surface area contributed by atoms with E-state index in [1.807, 2.05) is 0 Å². The van der Waals surface area contributed by atoms with Gasteiger partial charge in [-0.05, 0) is 25.3 Å². The van der Waals surface area contributed by atoms with Crippen molar-refractivity contribution in [2.45, 2.75) is 6.92 Å². The molecule has 0 saturated carbocycles. The molecule has 0 atom stereocenters. The van der Waals surface area contributed by atoms with Crippen molar-refractivity contribution < 1.29 is 4.39 Å². The molecule has 0 spiro atoms. The van der Waals surface area contributed by atoms with E-state index in [4.69, 9.17) is 5.73 Å². The van der Waals surface area contributed by atoms with Crippen LogP contribution < -0.4 is 5.73 Å². The molecule has 0 fully saturated rings. The van der Waals surface area contributed by atoms with Gasteiger partial charge in [-0.25, -0.2) is 4.39 Å². The molecule has 0 aliphatic rings. The Morgan fingerprint density at radius 1 is 1.55 bits per heavy atom. The molecule has 0 aliphatic heterocycles. The van der Waals surface area contributed by atoms with Crippen LogP contribution in [-0.4, -0.2) is 6.72 Å². The number of halogens is 1. The lowest BCUT2D eigenvalue weighted by Crippen LogP contribution is -1.90. The molecule has 11 heavy (non-hydrogen) atoms. The Balaban J connectivity index is 3.35. The Morgan fingerprint density at radius 3 is 2.73 bits per heavy atom. The van der Waals surface area contributed by atoms with Crippen LogP contribution in [0.2, 0.25) is 0 Å². The first-order chi connectivity index (χ1) is 5.15. The molecule has 0 amide bonds. The van der Waals surface area contributed by atoms with Gasteiger partial charge in [-0.3, -0.25) is 4.99 Å². The van der Waals surface area contributed by atoms with Crippen LogP contribution in [0.25, 0.3) is 0 Å². The monoisotopic (exact) mass is 152 g/mol. The molecule has 0 bridgehead atoms. The van der Waals surface area contributed by atoms with Crippen LogP contribution in [0.4, 0.5) is 15.8 Å². The summed E-state index contributed by atoms with van der Waals surface area (Å²) in [4.78, 5) is 3.58. The van der Waals surface area contributed by atoms with Crippen molar-refractivity contribution in [3.63, 3.8) is 0 Å². The van der Waals surface area contributed by atoms with Gasteiger partial charge in [0.05, 0.1) is 11.4 Å². The van der Waals surface area contributed by atoms with Crippen LogP contribution >= 0.6 is 0 Å². The lowest BCUT2D eigenvalue weighted by atomic mass is 10.2. The summed E-state index contributed by atoms with van der Waals surface area (Å²) in [5.41, 5.74) is 7.14. The fourth-order valence-corrected chi connectivity index (χ4v) is 0.867. The zero-order valence-corrected chi connectivity index (χ0v) is 6.26. The third-order valence-electron chi connectivity index (χ3n) is 1.50. The van der Waals surface area contributed by atoms with Gasteiger partial charge in [-0.15, -0.1) is 0 Å². The van der Waals surface area contributed by atoms with Crippen LogP contribution in [0.3, 0.4) is 0 Å². The molecule has 0 aromatic heterocycles. The van der Waals surface area contributed by atoms with Gasteiger partial charge in [0.2, 0.25) is 0 Å². The summed E-state index contributed by atoms with van der Waals surface area (Å²) >= 11 is 0. The predicted octanol–water partition coefficient (Wildman–Crippen LogP) is 2.05. The molecule has 58 valence electrons. The fraction of sp³-hybridized carbons (Fsp3) is 0.125. The zero-order valence-electron chi connectivity index (χ0n) is 6.26. The summed E-state index contributed by atoms with van der Waals surface area (Å²) < 4.78 is 12.7. The number of hydrogen-bond donors (Lipinski definition) is 1. The highest BCUT2D eigenvalue weighted by molar-refractivity contribution is 5.68. The molecule has 2 N–H and O–H groups in total. The van der Waals surface area contributed by atoms with Gasteiger partial charge in [0, 0.05) is 6.07 Å². The van der Waals surface area contributed by atoms with E-state index in [-0.39, 0.29) is 5.82 Å². The first-order valence-electron chi connectivity index (χ1n) is 3.17. The Labute approximate surface area is 64.6 Å². The molecule has 1 aromatic carbocycles. The maximum absolute atomic E-state index is 12.7. The van der Waals surface area contributed by atoms with Crippen molar-refractivity contribution in [3.8, 4) is 0 Å². The maximum Gasteiger partial charge on any atom is 0.125 e. The van der Waals surface area contributed by atoms with E-state index in [0.29, 0.717) is 16.9 Å². The Kier molecular flexibility index (Phi) is 1.89. The molecule has 2 nitrogen and oxygen atoms in total. The van der Waals surface area contributed by atoms with Gasteiger partial charge >= 0.3 is 0 Å². The van der Waals surface area contributed by atoms with Gasteiger partial charge in [0.15, 0.2) is 0 Å². The van der Waals surface area contributed by atoms with Crippen molar-refractivity contribution in [3.05, 3.63) is 23.5 Å². The number of nitrogens with two attached hydrogens (primary N) is 1. The van der Waals surface area contributed by atoms with Crippen molar-refractivity contribution in [1.82, 2.24) is 0 Å². The highest BCUT2D eigenvalue weighted by Crippen LogP contribution is 2.25. The predicted molar refractivity (Wildman–Crippen MR) is 44.8 cm³/mol. The maximum atomic E-state index is 12.7. The Bertz CT molecular complexity index is 294. The highest BCUT2D eigenvalue weighted by atomic mass is 19.1. The molecular weight excluding hydrogens is 143 g/mol. The van der Waals surface area contributed by atoms with Gasteiger partial charge < -0.3 is 5.73 Å². The molecule has 1 aromatic rings. The second kappa shape index (κ2) is 2.70. The van der Waals surface area contributed by atoms with E-state index in [0.717, 1.165) is 0 Å². The number of benzene rings is 1. The zero-order chi connectivity index (χ0) is 8.43. The summed E-state index contributed by atoms with van der Waals surface area (Å²) in [6.45, 7) is 5.01. The minimum atomic E-state index is -0.334. The highest BCUT2D eigenvalue weighted by Gasteiger charge is 2.02. The van der Waals surface area contributed by atoms with Gasteiger partial charge in [-0.2, -0.15) is 0 Å². The van der Waals surface area contributed by atoms with Crippen molar-refractivity contribution in [1.29, 1.82) is 0 Å². The van der Waals surface area contributed by atoms with Crippen molar-refractivity contribution in [2.75, 3.05) is 5.73 Å². The third-order valence-corrected chi connectivity index (χ3v) is 1.50. The third kappa shape index (κ3) is 1.37. The number of rotatable bonds is 1. The van der Waals surface area contributed by atoms with E-state index in [1.165, 1.54) is 12.1 Å². The van der Waals surface area contributed by atoms with Crippen molar-refractivity contribution in [2.24, 2.45) is 4.99 Å². The molecule has 0 radical (unpaired) electrons. The Hall–Kier alpha value is -1.38. The van der Waals surface area contributed by atoms with Crippen LogP contribution in [-0.2, 0) is 0 Å². The number of hydrogen-bond acceptors (Lipinski definition) is 2. The van der Waals surface area contributed by atoms with Crippen LogP contribution in [0.15, 0.2) is 17.1 Å². The molecule has 0 heterocycles. The van der Waals surface area contributed by atoms with E-state index < -0.39 is 0 Å². The number of aryl methyl sites for hydroxylation is 1. The molecule has 3 heteroatoms. The lowest BCUT2D eigenvalue weighted by molar-refractivity contribution is 0.627. The number of nitrogen functional groups attached to an aromatic ring is 1. The summed E-state index contributed by atoms with van der Waals surface area (Å²) in [6, 6.07) is 2.62. The Morgan fingerprint density at radius 2 is 2.18 bits per heavy atom. The van der Waals surface area contributed by atoms with Gasteiger partial charge in [0.1, 0.15) is 5.82 Å². The first kappa shape index (κ1) is 7.72. The smallest absolute Gasteiger partial charge is 0.125 e. The molecule has 0 aliphatic carbocycles. The summed E-state index contributed by atoms with van der Waals surface area (Å²) in [6.07, 6.45) is 0. The quantitative estimate of drug-likeness (QED) is 0.485. The average Bonchev–Trinajstić information content (AvgIpc) is 1.96. The van der Waals surface area contributed by atoms with E-state index in [2.05, 4.69) is 11.7 Å².